The molecule has 0 bridgehead atoms. The molecule has 1 aromatic carbocycles. The topological polar surface area (TPSA) is 90.5 Å². The first-order valence-electron chi connectivity index (χ1n) is 9.34. The van der Waals surface area contributed by atoms with Gasteiger partial charge in [-0.1, -0.05) is 6.07 Å². The number of fused-ring (bicyclic) bond motifs is 2. The van der Waals surface area contributed by atoms with Gasteiger partial charge in [0.1, 0.15) is 5.75 Å². The fourth-order valence-corrected chi connectivity index (χ4v) is 3.24. The lowest BCUT2D eigenvalue weighted by molar-refractivity contribution is 0.0951. The van der Waals surface area contributed by atoms with Crippen LogP contribution in [0.2, 0.25) is 0 Å². The predicted octanol–water partition coefficient (Wildman–Crippen LogP) is 2.18. The lowest BCUT2D eigenvalue weighted by Crippen LogP contribution is -2.28. The van der Waals surface area contributed by atoms with Crippen molar-refractivity contribution in [2.75, 3.05) is 13.7 Å². The lowest BCUT2D eigenvalue weighted by atomic mass is 10.1. The number of ether oxygens (including phenoxy) is 1. The van der Waals surface area contributed by atoms with Gasteiger partial charge in [0.15, 0.2) is 5.65 Å². The molecule has 0 atom stereocenters. The number of carbonyl (C=O) groups is 1. The number of aryl methyl sites for hydroxylation is 2. The first-order valence-corrected chi connectivity index (χ1v) is 9.34. The van der Waals surface area contributed by atoms with Crippen LogP contribution >= 0.6 is 0 Å². The number of pyridine rings is 2. The third-order valence-electron chi connectivity index (χ3n) is 4.78. The van der Waals surface area contributed by atoms with Crippen molar-refractivity contribution in [1.82, 2.24) is 24.5 Å². The molecule has 0 spiro atoms. The highest BCUT2D eigenvalue weighted by molar-refractivity contribution is 5.98. The fraction of sp³-hybridized carbons (Fsp3) is 0.238. The third-order valence-corrected chi connectivity index (χ3v) is 4.78. The van der Waals surface area contributed by atoms with Crippen LogP contribution in [0.3, 0.4) is 0 Å². The van der Waals surface area contributed by atoms with Crippen molar-refractivity contribution in [3.8, 4) is 5.75 Å². The first-order chi connectivity index (χ1) is 14.1. The minimum atomic E-state index is -0.185. The molecule has 0 unspecified atom stereocenters. The second-order valence-corrected chi connectivity index (χ2v) is 6.72. The Labute approximate surface area is 166 Å². The molecule has 3 heterocycles. The van der Waals surface area contributed by atoms with Crippen LogP contribution in [0.1, 0.15) is 22.5 Å². The number of nitrogens with zero attached hydrogens (tertiary/aromatic N) is 4. The Morgan fingerprint density at radius 1 is 1.21 bits per heavy atom. The molecule has 29 heavy (non-hydrogen) atoms. The normalized spacial score (nSPS) is 11.1. The highest BCUT2D eigenvalue weighted by atomic mass is 16.5. The third kappa shape index (κ3) is 3.69. The molecule has 8 nitrogen and oxygen atoms in total. The number of nitrogens with one attached hydrogen (secondary N) is 1. The van der Waals surface area contributed by atoms with Gasteiger partial charge in [-0.25, -0.2) is 9.48 Å². The van der Waals surface area contributed by atoms with Crippen molar-refractivity contribution >= 4 is 22.5 Å². The summed E-state index contributed by atoms with van der Waals surface area (Å²) in [4.78, 5) is 29.4. The summed E-state index contributed by atoms with van der Waals surface area (Å²) in [6.07, 6.45) is 2.28. The fourth-order valence-electron chi connectivity index (χ4n) is 3.24. The van der Waals surface area contributed by atoms with Crippen molar-refractivity contribution in [2.45, 2.75) is 19.9 Å². The van der Waals surface area contributed by atoms with Crippen molar-refractivity contribution in [2.24, 2.45) is 0 Å². The Morgan fingerprint density at radius 2 is 2.07 bits per heavy atom. The van der Waals surface area contributed by atoms with Gasteiger partial charge in [0.2, 0.25) is 0 Å². The Balaban J connectivity index is 1.41. The van der Waals surface area contributed by atoms with E-state index in [2.05, 4.69) is 15.4 Å². The molecule has 148 valence electrons. The number of methoxy groups -OCH3 is 1. The number of benzene rings is 1. The number of hydrogen-bond acceptors (Lipinski definition) is 5. The van der Waals surface area contributed by atoms with Crippen molar-refractivity contribution in [3.05, 3.63) is 70.4 Å². The molecule has 0 radical (unpaired) electrons. The van der Waals surface area contributed by atoms with E-state index in [1.165, 1.54) is 9.08 Å². The molecule has 0 aliphatic rings. The smallest absolute Gasteiger partial charge is 0.350 e. The predicted molar refractivity (Wildman–Crippen MR) is 109 cm³/mol. The zero-order chi connectivity index (χ0) is 20.4. The average Bonchev–Trinajstić information content (AvgIpc) is 3.06. The van der Waals surface area contributed by atoms with Crippen LogP contribution in [-0.2, 0) is 6.54 Å². The second-order valence-electron chi connectivity index (χ2n) is 6.72. The molecule has 3 aromatic heterocycles. The van der Waals surface area contributed by atoms with Crippen LogP contribution in [0.25, 0.3) is 16.6 Å². The van der Waals surface area contributed by atoms with E-state index in [1.807, 2.05) is 37.3 Å². The average molecular weight is 391 g/mol. The van der Waals surface area contributed by atoms with Crippen LogP contribution < -0.4 is 15.7 Å². The van der Waals surface area contributed by atoms with E-state index in [0.717, 1.165) is 16.7 Å². The molecule has 1 N–H and O–H groups in total. The number of carbonyl (C=O) groups excluding carboxylic acids is 1. The van der Waals surface area contributed by atoms with E-state index in [0.29, 0.717) is 36.4 Å². The largest absolute Gasteiger partial charge is 0.497 e. The van der Waals surface area contributed by atoms with Crippen molar-refractivity contribution < 1.29 is 9.53 Å². The van der Waals surface area contributed by atoms with Gasteiger partial charge in [0, 0.05) is 30.7 Å². The number of hydrogen-bond donors (Lipinski definition) is 1. The summed E-state index contributed by atoms with van der Waals surface area (Å²) in [5.74, 6) is 0.541. The van der Waals surface area contributed by atoms with Gasteiger partial charge >= 0.3 is 5.69 Å². The Bertz CT molecular complexity index is 1260. The minimum Gasteiger partial charge on any atom is -0.497 e. The van der Waals surface area contributed by atoms with Crippen LogP contribution in [-0.4, -0.2) is 38.7 Å². The van der Waals surface area contributed by atoms with Crippen molar-refractivity contribution in [3.63, 3.8) is 0 Å². The van der Waals surface area contributed by atoms with Gasteiger partial charge in [-0.2, -0.15) is 0 Å². The summed E-state index contributed by atoms with van der Waals surface area (Å²) in [5.41, 5.74) is 2.39. The van der Waals surface area contributed by atoms with E-state index in [4.69, 9.17) is 4.74 Å². The zero-order valence-electron chi connectivity index (χ0n) is 16.3. The second kappa shape index (κ2) is 7.75. The van der Waals surface area contributed by atoms with Gasteiger partial charge in [0.25, 0.3) is 5.91 Å². The lowest BCUT2D eigenvalue weighted by Gasteiger charge is -2.09. The molecule has 0 aliphatic carbocycles. The van der Waals surface area contributed by atoms with Crippen LogP contribution in [0, 0.1) is 6.92 Å². The van der Waals surface area contributed by atoms with E-state index < -0.39 is 0 Å². The van der Waals surface area contributed by atoms with Gasteiger partial charge < -0.3 is 10.1 Å². The van der Waals surface area contributed by atoms with E-state index in [9.17, 15) is 9.59 Å². The molecule has 0 saturated carbocycles. The molecular formula is C21H21N5O3. The molecule has 0 saturated heterocycles. The van der Waals surface area contributed by atoms with Crippen molar-refractivity contribution in [1.29, 1.82) is 0 Å². The Morgan fingerprint density at radius 3 is 2.86 bits per heavy atom. The van der Waals surface area contributed by atoms with E-state index in [1.54, 1.807) is 25.4 Å². The Hall–Kier alpha value is -3.68. The van der Waals surface area contributed by atoms with E-state index >= 15 is 0 Å². The molecule has 0 aliphatic heterocycles. The molecule has 8 heteroatoms. The van der Waals surface area contributed by atoms with Gasteiger partial charge in [-0.15, -0.1) is 5.10 Å². The first kappa shape index (κ1) is 18.7. The van der Waals surface area contributed by atoms with Crippen LogP contribution in [0.15, 0.2) is 53.5 Å². The number of amides is 1. The molecule has 1 amide bonds. The summed E-state index contributed by atoms with van der Waals surface area (Å²) in [6, 6.07) is 12.8. The SMILES string of the molecule is COc1ccc2cc(C(=O)NCCCn3nc4ccccn4c3=O)c(C)nc2c1. The molecule has 0 fully saturated rings. The maximum Gasteiger partial charge on any atom is 0.350 e. The molecule has 4 rings (SSSR count). The van der Waals surface area contributed by atoms with Gasteiger partial charge in [-0.05, 0) is 43.7 Å². The Kier molecular flexibility index (Phi) is 4.99. The van der Waals surface area contributed by atoms with Gasteiger partial charge in [-0.3, -0.25) is 14.2 Å². The monoisotopic (exact) mass is 391 g/mol. The highest BCUT2D eigenvalue weighted by Gasteiger charge is 2.12. The standard InChI is InChI=1S/C21H21N5O3/c1-14-17(12-15-7-8-16(29-2)13-18(15)23-14)20(27)22-9-5-11-26-21(28)25-10-4-3-6-19(25)24-26/h3-4,6-8,10,12-13H,5,9,11H2,1-2H3,(H,22,27). The summed E-state index contributed by atoms with van der Waals surface area (Å²) in [5, 5.41) is 8.05. The number of aromatic nitrogens is 4. The van der Waals surface area contributed by atoms with Crippen LogP contribution in [0.5, 0.6) is 5.75 Å². The molecular weight excluding hydrogens is 370 g/mol. The van der Waals surface area contributed by atoms with Gasteiger partial charge in [0.05, 0.1) is 23.9 Å². The summed E-state index contributed by atoms with van der Waals surface area (Å²) in [6.45, 7) is 2.67. The summed E-state index contributed by atoms with van der Waals surface area (Å²) >= 11 is 0. The zero-order valence-corrected chi connectivity index (χ0v) is 16.3. The van der Waals surface area contributed by atoms with Crippen LogP contribution in [0.4, 0.5) is 0 Å². The quantitative estimate of drug-likeness (QED) is 0.509. The van der Waals surface area contributed by atoms with E-state index in [-0.39, 0.29) is 11.6 Å². The molecule has 4 aromatic rings. The maximum atomic E-state index is 12.6. The summed E-state index contributed by atoms with van der Waals surface area (Å²) in [7, 11) is 1.61. The number of rotatable bonds is 6. The minimum absolute atomic E-state index is 0.183. The summed E-state index contributed by atoms with van der Waals surface area (Å²) < 4.78 is 8.13. The maximum absolute atomic E-state index is 12.6. The highest BCUT2D eigenvalue weighted by Crippen LogP contribution is 2.21.